The van der Waals surface area contributed by atoms with Gasteiger partial charge in [-0.05, 0) is 49.1 Å². The minimum Gasteiger partial charge on any atom is -0.491 e. The maximum atomic E-state index is 5.66. The Kier molecular flexibility index (Phi) is 5.79. The van der Waals surface area contributed by atoms with Crippen LogP contribution in [0.2, 0.25) is 0 Å². The lowest BCUT2D eigenvalue weighted by atomic mass is 10.1. The van der Waals surface area contributed by atoms with E-state index in [4.69, 9.17) is 14.5 Å². The number of nitrogens with one attached hydrogen (secondary N) is 1. The van der Waals surface area contributed by atoms with Gasteiger partial charge in [0.1, 0.15) is 18.2 Å². The van der Waals surface area contributed by atoms with Crippen molar-refractivity contribution < 1.29 is 9.47 Å². The largest absolute Gasteiger partial charge is 0.491 e. The maximum absolute atomic E-state index is 5.66. The lowest BCUT2D eigenvalue weighted by Crippen LogP contribution is -2.04. The zero-order valence-electron chi connectivity index (χ0n) is 14.7. The number of ether oxygens (including phenoxy) is 2. The average Bonchev–Trinajstić information content (AvgIpc) is 2.62. The molecule has 0 aliphatic heterocycles. The number of anilines is 2. The van der Waals surface area contributed by atoms with Crippen LogP contribution in [0.1, 0.15) is 5.56 Å². The first-order valence-electron chi connectivity index (χ1n) is 8.14. The standard InChI is InChI=1S/C20H22N2O2S/c1-14-11-20(22-19-13-17(25-3)7-8-18(14)19)21-15-5-4-6-16(12-15)24-10-9-23-2/h4-8,11-13H,9-10H2,1-3H3,(H,21,22). The molecule has 0 bridgehead atoms. The van der Waals surface area contributed by atoms with Gasteiger partial charge in [0, 0.05) is 29.1 Å². The fourth-order valence-electron chi connectivity index (χ4n) is 2.63. The van der Waals surface area contributed by atoms with E-state index >= 15 is 0 Å². The van der Waals surface area contributed by atoms with Crippen molar-refractivity contribution in [2.24, 2.45) is 0 Å². The van der Waals surface area contributed by atoms with Crippen LogP contribution in [0.15, 0.2) is 53.4 Å². The Hall–Kier alpha value is -2.24. The minimum absolute atomic E-state index is 0.532. The maximum Gasteiger partial charge on any atom is 0.131 e. The molecule has 5 heteroatoms. The fraction of sp³-hybridized carbons (Fsp3) is 0.250. The first kappa shape index (κ1) is 17.6. The van der Waals surface area contributed by atoms with Crippen LogP contribution < -0.4 is 10.1 Å². The molecule has 130 valence electrons. The Morgan fingerprint density at radius 1 is 1.08 bits per heavy atom. The quantitative estimate of drug-likeness (QED) is 0.476. The van der Waals surface area contributed by atoms with E-state index in [9.17, 15) is 0 Å². The summed E-state index contributed by atoms with van der Waals surface area (Å²) in [5.41, 5.74) is 3.15. The smallest absolute Gasteiger partial charge is 0.131 e. The molecule has 3 aromatic rings. The summed E-state index contributed by atoms with van der Waals surface area (Å²) in [6.07, 6.45) is 2.07. The highest BCUT2D eigenvalue weighted by Crippen LogP contribution is 2.27. The van der Waals surface area contributed by atoms with Crippen LogP contribution in [0, 0.1) is 6.92 Å². The monoisotopic (exact) mass is 354 g/mol. The molecule has 0 aliphatic rings. The van der Waals surface area contributed by atoms with Crippen molar-refractivity contribution in [1.29, 1.82) is 0 Å². The number of rotatable bonds is 7. The van der Waals surface area contributed by atoms with Crippen molar-refractivity contribution in [3.05, 3.63) is 54.1 Å². The van der Waals surface area contributed by atoms with Crippen LogP contribution >= 0.6 is 11.8 Å². The van der Waals surface area contributed by atoms with Crippen LogP contribution in [-0.4, -0.2) is 31.6 Å². The highest BCUT2D eigenvalue weighted by Gasteiger charge is 2.05. The molecule has 0 saturated carbocycles. The van der Waals surface area contributed by atoms with Crippen molar-refractivity contribution >= 4 is 34.2 Å². The van der Waals surface area contributed by atoms with Crippen molar-refractivity contribution in [3.63, 3.8) is 0 Å². The van der Waals surface area contributed by atoms with E-state index in [0.717, 1.165) is 22.8 Å². The summed E-state index contributed by atoms with van der Waals surface area (Å²) < 4.78 is 10.7. The molecule has 0 atom stereocenters. The van der Waals surface area contributed by atoms with Gasteiger partial charge >= 0.3 is 0 Å². The van der Waals surface area contributed by atoms with E-state index < -0.39 is 0 Å². The SMILES string of the molecule is COCCOc1cccc(Nc2cc(C)c3ccc(SC)cc3n2)c1. The first-order valence-corrected chi connectivity index (χ1v) is 9.36. The number of methoxy groups -OCH3 is 1. The minimum atomic E-state index is 0.532. The predicted molar refractivity (Wildman–Crippen MR) is 105 cm³/mol. The Morgan fingerprint density at radius 2 is 1.96 bits per heavy atom. The van der Waals surface area contributed by atoms with Gasteiger partial charge in [-0.3, -0.25) is 0 Å². The number of nitrogens with zero attached hydrogens (tertiary/aromatic N) is 1. The molecule has 0 spiro atoms. The van der Waals surface area contributed by atoms with Gasteiger partial charge in [-0.15, -0.1) is 11.8 Å². The molecule has 25 heavy (non-hydrogen) atoms. The third kappa shape index (κ3) is 4.44. The second kappa shape index (κ2) is 8.23. The second-order valence-electron chi connectivity index (χ2n) is 5.70. The summed E-state index contributed by atoms with van der Waals surface area (Å²) >= 11 is 1.72. The van der Waals surface area contributed by atoms with Crippen LogP contribution in [0.25, 0.3) is 10.9 Å². The molecule has 3 rings (SSSR count). The van der Waals surface area contributed by atoms with E-state index in [1.54, 1.807) is 18.9 Å². The van der Waals surface area contributed by atoms with Gasteiger partial charge < -0.3 is 14.8 Å². The molecule has 2 aromatic carbocycles. The predicted octanol–water partition coefficient (Wildman–Crippen LogP) is 5.03. The Morgan fingerprint density at radius 3 is 2.76 bits per heavy atom. The van der Waals surface area contributed by atoms with Gasteiger partial charge in [0.25, 0.3) is 0 Å². The average molecular weight is 354 g/mol. The third-order valence-electron chi connectivity index (χ3n) is 3.89. The van der Waals surface area contributed by atoms with Gasteiger partial charge in [0.15, 0.2) is 0 Å². The van der Waals surface area contributed by atoms with Gasteiger partial charge in [-0.1, -0.05) is 12.1 Å². The number of thioether (sulfide) groups is 1. The molecule has 4 nitrogen and oxygen atoms in total. The summed E-state index contributed by atoms with van der Waals surface area (Å²) in [6, 6.07) is 16.3. The topological polar surface area (TPSA) is 43.4 Å². The van der Waals surface area contributed by atoms with Crippen LogP contribution in [0.3, 0.4) is 0 Å². The Balaban J connectivity index is 1.83. The molecular formula is C20H22N2O2S. The Bertz CT molecular complexity index is 867. The summed E-state index contributed by atoms with van der Waals surface area (Å²) in [5.74, 6) is 1.64. The third-order valence-corrected chi connectivity index (χ3v) is 4.61. The zero-order valence-corrected chi connectivity index (χ0v) is 15.5. The number of fused-ring (bicyclic) bond motifs is 1. The fourth-order valence-corrected chi connectivity index (χ4v) is 3.06. The lowest BCUT2D eigenvalue weighted by molar-refractivity contribution is 0.146. The van der Waals surface area contributed by atoms with E-state index in [0.29, 0.717) is 13.2 Å². The summed E-state index contributed by atoms with van der Waals surface area (Å²) in [5, 5.41) is 4.56. The molecule has 0 amide bonds. The number of hydrogen-bond acceptors (Lipinski definition) is 5. The zero-order chi connectivity index (χ0) is 17.6. The Labute approximate surface area is 152 Å². The van der Waals surface area contributed by atoms with Crippen LogP contribution in [0.5, 0.6) is 5.75 Å². The van der Waals surface area contributed by atoms with E-state index in [-0.39, 0.29) is 0 Å². The highest BCUT2D eigenvalue weighted by molar-refractivity contribution is 7.98. The van der Waals surface area contributed by atoms with E-state index in [1.807, 2.05) is 24.3 Å². The normalized spacial score (nSPS) is 10.8. The van der Waals surface area contributed by atoms with Crippen molar-refractivity contribution in [2.75, 3.05) is 31.9 Å². The summed E-state index contributed by atoms with van der Waals surface area (Å²) in [7, 11) is 1.66. The van der Waals surface area contributed by atoms with Crippen LogP contribution in [-0.2, 0) is 4.74 Å². The highest BCUT2D eigenvalue weighted by atomic mass is 32.2. The van der Waals surface area contributed by atoms with Gasteiger partial charge in [-0.25, -0.2) is 4.98 Å². The van der Waals surface area contributed by atoms with Gasteiger partial charge in [-0.2, -0.15) is 0 Å². The first-order chi connectivity index (χ1) is 12.2. The van der Waals surface area contributed by atoms with Crippen molar-refractivity contribution in [2.45, 2.75) is 11.8 Å². The lowest BCUT2D eigenvalue weighted by Gasteiger charge is -2.11. The van der Waals surface area contributed by atoms with Gasteiger partial charge in [0.05, 0.1) is 12.1 Å². The number of hydrogen-bond donors (Lipinski definition) is 1. The summed E-state index contributed by atoms with van der Waals surface area (Å²) in [4.78, 5) is 5.97. The molecule has 0 fully saturated rings. The number of aromatic nitrogens is 1. The molecule has 1 heterocycles. The second-order valence-corrected chi connectivity index (χ2v) is 6.58. The number of aryl methyl sites for hydroxylation is 1. The van der Waals surface area contributed by atoms with Crippen LogP contribution in [0.4, 0.5) is 11.5 Å². The summed E-state index contributed by atoms with van der Waals surface area (Å²) in [6.45, 7) is 3.21. The van der Waals surface area contributed by atoms with Gasteiger partial charge in [0.2, 0.25) is 0 Å². The van der Waals surface area contributed by atoms with E-state index in [1.165, 1.54) is 15.8 Å². The van der Waals surface area contributed by atoms with E-state index in [2.05, 4.69) is 42.8 Å². The number of benzene rings is 2. The molecule has 1 aromatic heterocycles. The molecule has 0 unspecified atom stereocenters. The van der Waals surface area contributed by atoms with Crippen molar-refractivity contribution in [3.8, 4) is 5.75 Å². The molecular weight excluding hydrogens is 332 g/mol. The molecule has 0 aliphatic carbocycles. The number of pyridine rings is 1. The molecule has 0 saturated heterocycles. The van der Waals surface area contributed by atoms with Crippen molar-refractivity contribution in [1.82, 2.24) is 4.98 Å². The molecule has 1 N–H and O–H groups in total. The molecule has 0 radical (unpaired) electrons.